The minimum atomic E-state index is -0.0994. The van der Waals surface area contributed by atoms with Crippen molar-refractivity contribution in [2.45, 2.75) is 44.1 Å². The number of likely N-dealkylation sites (N-methyl/N-ethyl adjacent to an activating group) is 1. The van der Waals surface area contributed by atoms with Gasteiger partial charge in [0.25, 0.3) is 0 Å². The van der Waals surface area contributed by atoms with E-state index < -0.39 is 0 Å². The Morgan fingerprint density at radius 2 is 1.80 bits per heavy atom. The first-order valence-corrected chi connectivity index (χ1v) is 9.42. The van der Waals surface area contributed by atoms with E-state index in [1.54, 1.807) is 0 Å². The maximum Gasteiger partial charge on any atom is 0.224 e. The maximum absolute atomic E-state index is 12.7. The van der Waals surface area contributed by atoms with E-state index >= 15 is 0 Å². The minimum absolute atomic E-state index is 0.0994. The first-order chi connectivity index (χ1) is 11.9. The lowest BCUT2D eigenvalue weighted by Crippen LogP contribution is -2.62. The standard InChI is InChI=1S/C18H30N4O3/c1-19-11-8-18(7-5-15(19)23)14-22(13-12-20(18)2)17(25)6-10-21-9-3-4-16(21)24/h3-14H2,1-2H3. The maximum atomic E-state index is 12.7. The molecule has 3 rings (SSSR count). The van der Waals surface area contributed by atoms with Crippen LogP contribution in [0.5, 0.6) is 0 Å². The van der Waals surface area contributed by atoms with Crippen molar-refractivity contribution in [1.82, 2.24) is 19.6 Å². The molecule has 3 amide bonds. The summed E-state index contributed by atoms with van der Waals surface area (Å²) in [4.78, 5) is 44.4. The molecule has 0 N–H and O–H groups in total. The van der Waals surface area contributed by atoms with Crippen LogP contribution in [0, 0.1) is 0 Å². The van der Waals surface area contributed by atoms with Gasteiger partial charge in [0, 0.05) is 71.1 Å². The Morgan fingerprint density at radius 3 is 2.52 bits per heavy atom. The third-order valence-electron chi connectivity index (χ3n) is 6.26. The summed E-state index contributed by atoms with van der Waals surface area (Å²) in [5.41, 5.74) is -0.0994. The average Bonchev–Trinajstić information content (AvgIpc) is 2.96. The molecule has 1 unspecified atom stereocenters. The third kappa shape index (κ3) is 3.81. The van der Waals surface area contributed by atoms with Gasteiger partial charge in [0.1, 0.15) is 0 Å². The van der Waals surface area contributed by atoms with E-state index in [9.17, 15) is 14.4 Å². The van der Waals surface area contributed by atoms with Crippen LogP contribution in [0.25, 0.3) is 0 Å². The summed E-state index contributed by atoms with van der Waals surface area (Å²) in [6, 6.07) is 0. The van der Waals surface area contributed by atoms with Crippen molar-refractivity contribution < 1.29 is 14.4 Å². The summed E-state index contributed by atoms with van der Waals surface area (Å²) < 4.78 is 0. The molecule has 7 heteroatoms. The molecule has 0 aromatic carbocycles. The monoisotopic (exact) mass is 350 g/mol. The van der Waals surface area contributed by atoms with Gasteiger partial charge in [-0.1, -0.05) is 0 Å². The van der Waals surface area contributed by atoms with Crippen LogP contribution in [0.1, 0.15) is 38.5 Å². The normalized spacial score (nSPS) is 28.8. The summed E-state index contributed by atoms with van der Waals surface area (Å²) in [6.45, 7) is 4.33. The molecule has 0 bridgehead atoms. The molecule has 1 spiro atoms. The predicted octanol–water partition coefficient (Wildman–Crippen LogP) is 0.154. The second-order valence-electron chi connectivity index (χ2n) is 7.76. The highest BCUT2D eigenvalue weighted by molar-refractivity contribution is 5.80. The van der Waals surface area contributed by atoms with Crippen LogP contribution in [0.4, 0.5) is 0 Å². The fourth-order valence-corrected chi connectivity index (χ4v) is 4.30. The molecule has 140 valence electrons. The Balaban J connectivity index is 1.60. The van der Waals surface area contributed by atoms with E-state index in [0.717, 1.165) is 45.4 Å². The zero-order chi connectivity index (χ0) is 18.0. The Hall–Kier alpha value is -1.63. The molecular formula is C18H30N4O3. The topological polar surface area (TPSA) is 64.2 Å². The molecule has 0 saturated carbocycles. The zero-order valence-corrected chi connectivity index (χ0v) is 15.5. The Labute approximate surface area is 149 Å². The highest BCUT2D eigenvalue weighted by atomic mass is 16.2. The number of piperazine rings is 1. The number of amides is 3. The lowest BCUT2D eigenvalue weighted by molar-refractivity contribution is -0.137. The van der Waals surface area contributed by atoms with E-state index in [-0.39, 0.29) is 23.3 Å². The van der Waals surface area contributed by atoms with E-state index in [0.29, 0.717) is 32.4 Å². The van der Waals surface area contributed by atoms with E-state index in [2.05, 4.69) is 11.9 Å². The molecule has 0 aromatic heterocycles. The van der Waals surface area contributed by atoms with Crippen LogP contribution < -0.4 is 0 Å². The van der Waals surface area contributed by atoms with Gasteiger partial charge in [0.15, 0.2) is 0 Å². The second kappa shape index (κ2) is 7.32. The summed E-state index contributed by atoms with van der Waals surface area (Å²) in [5, 5.41) is 0. The van der Waals surface area contributed by atoms with Gasteiger partial charge in [-0.25, -0.2) is 0 Å². The van der Waals surface area contributed by atoms with Crippen LogP contribution in [-0.4, -0.2) is 96.2 Å². The van der Waals surface area contributed by atoms with Crippen LogP contribution in [0.3, 0.4) is 0 Å². The summed E-state index contributed by atoms with van der Waals surface area (Å²) >= 11 is 0. The lowest BCUT2D eigenvalue weighted by atomic mass is 9.86. The van der Waals surface area contributed by atoms with Crippen molar-refractivity contribution in [3.8, 4) is 0 Å². The first kappa shape index (κ1) is 18.2. The molecule has 3 aliphatic rings. The SMILES string of the molecule is CN1CCC2(CCC1=O)CN(C(=O)CCN1CCCC1=O)CCN2C. The molecular weight excluding hydrogens is 320 g/mol. The van der Waals surface area contributed by atoms with Crippen molar-refractivity contribution in [3.63, 3.8) is 0 Å². The number of hydrogen-bond acceptors (Lipinski definition) is 4. The third-order valence-corrected chi connectivity index (χ3v) is 6.26. The molecule has 0 radical (unpaired) electrons. The van der Waals surface area contributed by atoms with E-state index in [1.807, 2.05) is 21.7 Å². The van der Waals surface area contributed by atoms with E-state index in [1.165, 1.54) is 0 Å². The van der Waals surface area contributed by atoms with Crippen molar-refractivity contribution in [2.75, 3.05) is 53.4 Å². The molecule has 3 fully saturated rings. The molecule has 25 heavy (non-hydrogen) atoms. The van der Waals surface area contributed by atoms with Crippen molar-refractivity contribution >= 4 is 17.7 Å². The summed E-state index contributed by atoms with van der Waals surface area (Å²) in [7, 11) is 3.97. The minimum Gasteiger partial charge on any atom is -0.346 e. The molecule has 1 atom stereocenters. The number of hydrogen-bond donors (Lipinski definition) is 0. The van der Waals surface area contributed by atoms with Gasteiger partial charge in [-0.2, -0.15) is 0 Å². The Morgan fingerprint density at radius 1 is 1.00 bits per heavy atom. The summed E-state index contributed by atoms with van der Waals surface area (Å²) in [6.07, 6.45) is 4.19. The van der Waals surface area contributed by atoms with Gasteiger partial charge in [-0.05, 0) is 26.3 Å². The lowest BCUT2D eigenvalue weighted by Gasteiger charge is -2.49. The molecule has 7 nitrogen and oxygen atoms in total. The van der Waals surface area contributed by atoms with E-state index in [4.69, 9.17) is 0 Å². The molecule has 3 saturated heterocycles. The van der Waals surface area contributed by atoms with Gasteiger partial charge in [0.05, 0.1) is 0 Å². The van der Waals surface area contributed by atoms with Crippen molar-refractivity contribution in [3.05, 3.63) is 0 Å². The first-order valence-electron chi connectivity index (χ1n) is 9.42. The molecule has 0 aliphatic carbocycles. The zero-order valence-electron chi connectivity index (χ0n) is 15.5. The Bertz CT molecular complexity index is 552. The average molecular weight is 350 g/mol. The fraction of sp³-hybridized carbons (Fsp3) is 0.833. The van der Waals surface area contributed by atoms with Crippen LogP contribution in [-0.2, 0) is 14.4 Å². The van der Waals surface area contributed by atoms with Gasteiger partial charge in [0.2, 0.25) is 17.7 Å². The highest BCUT2D eigenvalue weighted by Gasteiger charge is 2.42. The summed E-state index contributed by atoms with van der Waals surface area (Å²) in [5.74, 6) is 0.505. The molecule has 3 aliphatic heterocycles. The second-order valence-corrected chi connectivity index (χ2v) is 7.76. The fourth-order valence-electron chi connectivity index (χ4n) is 4.30. The number of nitrogens with zero attached hydrogens (tertiary/aromatic N) is 4. The van der Waals surface area contributed by atoms with Crippen molar-refractivity contribution in [2.24, 2.45) is 0 Å². The molecule has 0 aromatic rings. The number of rotatable bonds is 3. The highest BCUT2D eigenvalue weighted by Crippen LogP contribution is 2.32. The van der Waals surface area contributed by atoms with Crippen LogP contribution in [0.2, 0.25) is 0 Å². The predicted molar refractivity (Wildman–Crippen MR) is 93.9 cm³/mol. The van der Waals surface area contributed by atoms with Gasteiger partial charge < -0.3 is 14.7 Å². The number of likely N-dealkylation sites (tertiary alicyclic amines) is 2. The van der Waals surface area contributed by atoms with Gasteiger partial charge in [-0.3, -0.25) is 19.3 Å². The van der Waals surface area contributed by atoms with Crippen molar-refractivity contribution in [1.29, 1.82) is 0 Å². The van der Waals surface area contributed by atoms with Gasteiger partial charge in [-0.15, -0.1) is 0 Å². The van der Waals surface area contributed by atoms with Gasteiger partial charge >= 0.3 is 0 Å². The van der Waals surface area contributed by atoms with Crippen LogP contribution in [0.15, 0.2) is 0 Å². The molecule has 3 heterocycles. The van der Waals surface area contributed by atoms with Crippen LogP contribution >= 0.6 is 0 Å². The quantitative estimate of drug-likeness (QED) is 0.727. The smallest absolute Gasteiger partial charge is 0.224 e. The number of carbonyl (C=O) groups is 3. The number of carbonyl (C=O) groups excluding carboxylic acids is 3. The largest absolute Gasteiger partial charge is 0.346 e. The Kier molecular flexibility index (Phi) is 5.32.